The molecule has 1 aliphatic heterocycles. The average molecular weight is 408 g/mol. The van der Waals surface area contributed by atoms with Gasteiger partial charge in [0, 0.05) is 24.2 Å². The number of likely N-dealkylation sites (tertiary alicyclic amines) is 1. The molecule has 1 fully saturated rings. The van der Waals surface area contributed by atoms with E-state index in [1.54, 1.807) is 12.0 Å². The minimum absolute atomic E-state index is 0.0229. The van der Waals surface area contributed by atoms with Gasteiger partial charge in [0.05, 0.1) is 25.4 Å². The number of amides is 1. The molecule has 7 heteroatoms. The molecular weight excluding hydrogens is 378 g/mol. The minimum Gasteiger partial charge on any atom is -0.497 e. The van der Waals surface area contributed by atoms with E-state index in [1.807, 2.05) is 56.3 Å². The Kier molecular flexibility index (Phi) is 6.91. The Hall–Kier alpha value is -3.11. The van der Waals surface area contributed by atoms with Crippen molar-refractivity contribution >= 4 is 11.7 Å². The van der Waals surface area contributed by atoms with E-state index >= 15 is 0 Å². The van der Waals surface area contributed by atoms with Crippen LogP contribution in [-0.4, -0.2) is 54.1 Å². The molecule has 30 heavy (non-hydrogen) atoms. The first-order valence-electron chi connectivity index (χ1n) is 10.2. The average Bonchev–Trinajstić information content (AvgIpc) is 3.25. The van der Waals surface area contributed by atoms with Crippen molar-refractivity contribution in [3.8, 4) is 23.1 Å². The van der Waals surface area contributed by atoms with Crippen LogP contribution in [0.1, 0.15) is 26.7 Å². The Morgan fingerprint density at radius 2 is 2.13 bits per heavy atom. The SMILES string of the molecule is COc1cccc(-c2cccc(NCC(C)(C)NCC(=O)N3CCC[C@H]3C#N)n2)c1. The molecule has 3 rings (SSSR count). The number of methoxy groups -OCH3 is 1. The van der Waals surface area contributed by atoms with E-state index < -0.39 is 0 Å². The number of nitrogens with one attached hydrogen (secondary N) is 2. The second kappa shape index (κ2) is 9.59. The van der Waals surface area contributed by atoms with Gasteiger partial charge < -0.3 is 20.3 Å². The molecule has 0 bridgehead atoms. The number of anilines is 1. The molecule has 1 aromatic carbocycles. The lowest BCUT2D eigenvalue weighted by Gasteiger charge is -2.28. The predicted octanol–water partition coefficient (Wildman–Crippen LogP) is 3.05. The summed E-state index contributed by atoms with van der Waals surface area (Å²) < 4.78 is 5.30. The second-order valence-electron chi connectivity index (χ2n) is 8.11. The van der Waals surface area contributed by atoms with E-state index in [1.165, 1.54) is 0 Å². The van der Waals surface area contributed by atoms with Gasteiger partial charge in [-0.05, 0) is 51.0 Å². The highest BCUT2D eigenvalue weighted by molar-refractivity contribution is 5.79. The molecule has 2 aromatic rings. The van der Waals surface area contributed by atoms with Crippen molar-refractivity contribution < 1.29 is 9.53 Å². The molecule has 1 aliphatic rings. The number of nitriles is 1. The third kappa shape index (κ3) is 5.49. The summed E-state index contributed by atoms with van der Waals surface area (Å²) >= 11 is 0. The summed E-state index contributed by atoms with van der Waals surface area (Å²) in [6, 6.07) is 15.6. The number of pyridine rings is 1. The molecule has 0 saturated carbocycles. The number of ether oxygens (including phenoxy) is 1. The highest BCUT2D eigenvalue weighted by Gasteiger charge is 2.29. The predicted molar refractivity (Wildman–Crippen MR) is 117 cm³/mol. The lowest BCUT2D eigenvalue weighted by atomic mass is 10.1. The maximum atomic E-state index is 12.5. The fourth-order valence-corrected chi connectivity index (χ4v) is 3.47. The molecule has 0 spiro atoms. The zero-order chi connectivity index (χ0) is 21.6. The Balaban J connectivity index is 1.56. The zero-order valence-electron chi connectivity index (χ0n) is 17.8. The van der Waals surface area contributed by atoms with Gasteiger partial charge in [-0.2, -0.15) is 5.26 Å². The third-order valence-corrected chi connectivity index (χ3v) is 5.27. The van der Waals surface area contributed by atoms with E-state index in [-0.39, 0.29) is 24.0 Å². The normalized spacial score (nSPS) is 16.2. The molecule has 0 radical (unpaired) electrons. The molecule has 2 N–H and O–H groups in total. The quantitative estimate of drug-likeness (QED) is 0.699. The molecule has 1 saturated heterocycles. The van der Waals surface area contributed by atoms with E-state index in [2.05, 4.69) is 16.7 Å². The summed E-state index contributed by atoms with van der Waals surface area (Å²) in [6.07, 6.45) is 1.66. The van der Waals surface area contributed by atoms with Crippen molar-refractivity contribution in [1.29, 1.82) is 5.26 Å². The highest BCUT2D eigenvalue weighted by atomic mass is 16.5. The standard InChI is InChI=1S/C23H29N5O2/c1-23(2,26-15-22(29)28-12-6-8-18(28)14-24)16-25-21-11-5-10-20(27-21)17-7-4-9-19(13-17)30-3/h4-5,7,9-11,13,18,26H,6,8,12,15-16H2,1-3H3,(H,25,27)/t18-/m0/s1. The summed E-state index contributed by atoms with van der Waals surface area (Å²) in [6.45, 7) is 5.54. The van der Waals surface area contributed by atoms with Gasteiger partial charge in [0.1, 0.15) is 17.6 Å². The molecule has 158 valence electrons. The Bertz CT molecular complexity index is 922. The molecule has 1 amide bonds. The number of carbonyl (C=O) groups excluding carboxylic acids is 1. The van der Waals surface area contributed by atoms with Crippen molar-refractivity contribution in [3.63, 3.8) is 0 Å². The van der Waals surface area contributed by atoms with Crippen LogP contribution in [-0.2, 0) is 4.79 Å². The summed E-state index contributed by atoms with van der Waals surface area (Å²) in [5, 5.41) is 15.8. The highest BCUT2D eigenvalue weighted by Crippen LogP contribution is 2.23. The molecule has 1 aromatic heterocycles. The number of rotatable bonds is 8. The van der Waals surface area contributed by atoms with Gasteiger partial charge in [-0.3, -0.25) is 4.79 Å². The van der Waals surface area contributed by atoms with Crippen molar-refractivity contribution in [2.75, 3.05) is 32.1 Å². The largest absolute Gasteiger partial charge is 0.497 e. The molecule has 7 nitrogen and oxygen atoms in total. The lowest BCUT2D eigenvalue weighted by molar-refractivity contribution is -0.130. The number of carbonyl (C=O) groups is 1. The molecule has 1 atom stereocenters. The van der Waals surface area contributed by atoms with E-state index in [0.717, 1.165) is 35.7 Å². The second-order valence-corrected chi connectivity index (χ2v) is 8.11. The van der Waals surface area contributed by atoms with Gasteiger partial charge in [0.15, 0.2) is 0 Å². The maximum Gasteiger partial charge on any atom is 0.237 e. The smallest absolute Gasteiger partial charge is 0.237 e. The van der Waals surface area contributed by atoms with Crippen LogP contribution in [0.5, 0.6) is 5.75 Å². The fourth-order valence-electron chi connectivity index (χ4n) is 3.47. The maximum absolute atomic E-state index is 12.5. The Morgan fingerprint density at radius 3 is 2.90 bits per heavy atom. The van der Waals surface area contributed by atoms with Gasteiger partial charge in [-0.1, -0.05) is 18.2 Å². The van der Waals surface area contributed by atoms with Gasteiger partial charge >= 0.3 is 0 Å². The molecule has 0 unspecified atom stereocenters. The van der Waals surface area contributed by atoms with Crippen LogP contribution < -0.4 is 15.4 Å². The first kappa shape index (κ1) is 21.6. The van der Waals surface area contributed by atoms with Crippen LogP contribution in [0.25, 0.3) is 11.3 Å². The van der Waals surface area contributed by atoms with Gasteiger partial charge in [0.25, 0.3) is 0 Å². The van der Waals surface area contributed by atoms with Crippen LogP contribution in [0.3, 0.4) is 0 Å². The number of nitrogens with zero attached hydrogens (tertiary/aromatic N) is 3. The molecule has 0 aliphatic carbocycles. The van der Waals surface area contributed by atoms with Crippen LogP contribution in [0.15, 0.2) is 42.5 Å². The zero-order valence-corrected chi connectivity index (χ0v) is 17.8. The van der Waals surface area contributed by atoms with E-state index in [9.17, 15) is 4.79 Å². The van der Waals surface area contributed by atoms with Gasteiger partial charge in [0.2, 0.25) is 5.91 Å². The number of hydrogen-bond donors (Lipinski definition) is 2. The monoisotopic (exact) mass is 407 g/mol. The van der Waals surface area contributed by atoms with Gasteiger partial charge in [-0.25, -0.2) is 4.98 Å². The van der Waals surface area contributed by atoms with Crippen molar-refractivity contribution in [3.05, 3.63) is 42.5 Å². The van der Waals surface area contributed by atoms with Crippen LogP contribution >= 0.6 is 0 Å². The first-order chi connectivity index (χ1) is 14.4. The van der Waals surface area contributed by atoms with Crippen molar-refractivity contribution in [2.24, 2.45) is 0 Å². The van der Waals surface area contributed by atoms with E-state index in [0.29, 0.717) is 13.1 Å². The molecular formula is C23H29N5O2. The van der Waals surface area contributed by atoms with E-state index in [4.69, 9.17) is 15.0 Å². The minimum atomic E-state index is -0.328. The Labute approximate surface area is 178 Å². The Morgan fingerprint density at radius 1 is 1.33 bits per heavy atom. The number of benzene rings is 1. The summed E-state index contributed by atoms with van der Waals surface area (Å²) in [4.78, 5) is 18.8. The summed E-state index contributed by atoms with van der Waals surface area (Å²) in [7, 11) is 1.65. The van der Waals surface area contributed by atoms with Gasteiger partial charge in [-0.15, -0.1) is 0 Å². The van der Waals surface area contributed by atoms with Crippen LogP contribution in [0.4, 0.5) is 5.82 Å². The van der Waals surface area contributed by atoms with Crippen molar-refractivity contribution in [1.82, 2.24) is 15.2 Å². The third-order valence-electron chi connectivity index (χ3n) is 5.27. The first-order valence-corrected chi connectivity index (χ1v) is 10.2. The number of hydrogen-bond acceptors (Lipinski definition) is 6. The van der Waals surface area contributed by atoms with Crippen LogP contribution in [0.2, 0.25) is 0 Å². The van der Waals surface area contributed by atoms with Crippen molar-refractivity contribution in [2.45, 2.75) is 38.3 Å². The lowest BCUT2D eigenvalue weighted by Crippen LogP contribution is -2.50. The number of aromatic nitrogens is 1. The summed E-state index contributed by atoms with van der Waals surface area (Å²) in [5.41, 5.74) is 1.51. The topological polar surface area (TPSA) is 90.3 Å². The van der Waals surface area contributed by atoms with Crippen LogP contribution in [0, 0.1) is 11.3 Å². The molecule has 2 heterocycles. The fraction of sp³-hybridized carbons (Fsp3) is 0.435. The summed E-state index contributed by atoms with van der Waals surface area (Å²) in [5.74, 6) is 1.53.